The van der Waals surface area contributed by atoms with Crippen LogP contribution in [0, 0.1) is 17.2 Å². The maximum Gasteiger partial charge on any atom is 0.306 e. The quantitative estimate of drug-likeness (QED) is 0.140. The second-order valence-electron chi connectivity index (χ2n) is 12.1. The lowest BCUT2D eigenvalue weighted by Crippen LogP contribution is -2.48. The van der Waals surface area contributed by atoms with Gasteiger partial charge in [0.2, 0.25) is 0 Å². The Hall–Kier alpha value is -2.88. The molecular formula is C34H49N2O4+. The fourth-order valence-corrected chi connectivity index (χ4v) is 5.61. The van der Waals surface area contributed by atoms with Crippen molar-refractivity contribution >= 4 is 5.97 Å². The van der Waals surface area contributed by atoms with Gasteiger partial charge in [0.05, 0.1) is 32.8 Å². The summed E-state index contributed by atoms with van der Waals surface area (Å²) >= 11 is 0. The van der Waals surface area contributed by atoms with Crippen LogP contribution in [0.5, 0.6) is 5.75 Å². The SMILES string of the molecule is CCCCCCCCOC(=O)CCc1ccc(C#N)c(OC[C@H](O)C[N+](C)(C)CCC2Cc3ccccc3C2)c1. The van der Waals surface area contributed by atoms with Crippen LogP contribution in [0.1, 0.15) is 80.5 Å². The predicted molar refractivity (Wildman–Crippen MR) is 159 cm³/mol. The Labute approximate surface area is 241 Å². The van der Waals surface area contributed by atoms with E-state index in [0.717, 1.165) is 44.2 Å². The van der Waals surface area contributed by atoms with Crippen molar-refractivity contribution in [1.29, 1.82) is 5.26 Å². The average Bonchev–Trinajstić information content (AvgIpc) is 3.36. The van der Waals surface area contributed by atoms with Gasteiger partial charge in [0.1, 0.15) is 31.1 Å². The molecule has 0 amide bonds. The minimum absolute atomic E-state index is 0.120. The van der Waals surface area contributed by atoms with Crippen molar-refractivity contribution in [2.75, 3.05) is 40.4 Å². The van der Waals surface area contributed by atoms with Crippen LogP contribution in [0.3, 0.4) is 0 Å². The van der Waals surface area contributed by atoms with Crippen LogP contribution in [-0.2, 0) is 28.8 Å². The Bertz CT molecular complexity index is 1080. The van der Waals surface area contributed by atoms with E-state index in [2.05, 4.69) is 51.4 Å². The summed E-state index contributed by atoms with van der Waals surface area (Å²) in [6.07, 6.45) is 10.5. The number of hydrogen-bond acceptors (Lipinski definition) is 5. The number of unbranched alkanes of at least 4 members (excludes halogenated alkanes) is 5. The van der Waals surface area contributed by atoms with Crippen LogP contribution in [0.2, 0.25) is 0 Å². The third kappa shape index (κ3) is 10.9. The van der Waals surface area contributed by atoms with E-state index in [1.165, 1.54) is 36.8 Å². The molecule has 0 aromatic heterocycles. The highest BCUT2D eigenvalue weighted by molar-refractivity contribution is 5.69. The molecule has 0 radical (unpaired) electrons. The summed E-state index contributed by atoms with van der Waals surface area (Å²) in [5, 5.41) is 20.3. The molecule has 0 unspecified atom stereocenters. The van der Waals surface area contributed by atoms with Gasteiger partial charge in [-0.15, -0.1) is 0 Å². The molecule has 0 saturated heterocycles. The normalized spacial score (nSPS) is 14.0. The number of aliphatic hydroxyl groups excluding tert-OH is 1. The lowest BCUT2D eigenvalue weighted by atomic mass is 10.0. The first-order chi connectivity index (χ1) is 19.3. The van der Waals surface area contributed by atoms with Gasteiger partial charge >= 0.3 is 5.97 Å². The summed E-state index contributed by atoms with van der Waals surface area (Å²) in [6, 6.07) is 16.3. The van der Waals surface area contributed by atoms with E-state index in [1.54, 1.807) is 6.07 Å². The Balaban J connectivity index is 1.38. The van der Waals surface area contributed by atoms with E-state index in [4.69, 9.17) is 9.47 Å². The second-order valence-corrected chi connectivity index (χ2v) is 12.1. The summed E-state index contributed by atoms with van der Waals surface area (Å²) in [7, 11) is 4.30. The molecule has 6 nitrogen and oxygen atoms in total. The van der Waals surface area contributed by atoms with Gasteiger partial charge in [0.15, 0.2) is 0 Å². The zero-order valence-corrected chi connectivity index (χ0v) is 24.9. The Morgan fingerprint density at radius 3 is 2.48 bits per heavy atom. The molecule has 2 aromatic carbocycles. The van der Waals surface area contributed by atoms with E-state index in [0.29, 0.717) is 47.7 Å². The number of hydrogen-bond donors (Lipinski definition) is 1. The number of carbonyl (C=O) groups is 1. The first-order valence-electron chi connectivity index (χ1n) is 15.2. The van der Waals surface area contributed by atoms with Crippen molar-refractivity contribution in [2.24, 2.45) is 5.92 Å². The minimum Gasteiger partial charge on any atom is -0.489 e. The van der Waals surface area contributed by atoms with Crippen LogP contribution in [0.25, 0.3) is 0 Å². The topological polar surface area (TPSA) is 79.6 Å². The average molecular weight is 550 g/mol. The van der Waals surface area contributed by atoms with Gasteiger partial charge in [-0.2, -0.15) is 5.26 Å². The molecule has 0 heterocycles. The predicted octanol–water partition coefficient (Wildman–Crippen LogP) is 6.02. The zero-order chi connectivity index (χ0) is 28.8. The summed E-state index contributed by atoms with van der Waals surface area (Å²) < 4.78 is 12.0. The number of ether oxygens (including phenoxy) is 2. The van der Waals surface area contributed by atoms with E-state index in [1.807, 2.05) is 12.1 Å². The van der Waals surface area contributed by atoms with E-state index in [-0.39, 0.29) is 12.6 Å². The lowest BCUT2D eigenvalue weighted by molar-refractivity contribution is -0.894. The number of aliphatic hydroxyl groups is 1. The lowest BCUT2D eigenvalue weighted by Gasteiger charge is -2.32. The van der Waals surface area contributed by atoms with Crippen LogP contribution < -0.4 is 4.74 Å². The fraction of sp³-hybridized carbons (Fsp3) is 0.588. The number of nitriles is 1. The van der Waals surface area contributed by atoms with Gasteiger partial charge in [-0.3, -0.25) is 4.79 Å². The molecule has 0 fully saturated rings. The molecule has 218 valence electrons. The number of aryl methyl sites for hydroxylation is 1. The van der Waals surface area contributed by atoms with Crippen LogP contribution in [-0.4, -0.2) is 62.1 Å². The van der Waals surface area contributed by atoms with Crippen molar-refractivity contribution in [3.8, 4) is 11.8 Å². The first-order valence-corrected chi connectivity index (χ1v) is 15.2. The third-order valence-corrected chi connectivity index (χ3v) is 7.96. The smallest absolute Gasteiger partial charge is 0.306 e. The number of carbonyl (C=O) groups excluding carboxylic acids is 1. The highest BCUT2D eigenvalue weighted by atomic mass is 16.5. The van der Waals surface area contributed by atoms with Gasteiger partial charge in [-0.1, -0.05) is 69.4 Å². The van der Waals surface area contributed by atoms with Crippen LogP contribution in [0.4, 0.5) is 0 Å². The van der Waals surface area contributed by atoms with Crippen molar-refractivity contribution in [3.05, 3.63) is 64.7 Å². The summed E-state index contributed by atoms with van der Waals surface area (Å²) in [5.41, 5.74) is 4.29. The zero-order valence-electron chi connectivity index (χ0n) is 24.9. The Morgan fingerprint density at radius 1 is 1.07 bits per heavy atom. The van der Waals surface area contributed by atoms with E-state index >= 15 is 0 Å². The monoisotopic (exact) mass is 549 g/mol. The number of benzene rings is 2. The van der Waals surface area contributed by atoms with Crippen molar-refractivity contribution in [3.63, 3.8) is 0 Å². The Morgan fingerprint density at radius 2 is 1.77 bits per heavy atom. The molecule has 3 rings (SSSR count). The molecule has 0 bridgehead atoms. The molecule has 2 aromatic rings. The number of fused-ring (bicyclic) bond motifs is 1. The summed E-state index contributed by atoms with van der Waals surface area (Å²) in [6.45, 7) is 4.37. The van der Waals surface area contributed by atoms with Crippen LogP contribution >= 0.6 is 0 Å². The molecule has 1 aliphatic carbocycles. The largest absolute Gasteiger partial charge is 0.489 e. The number of rotatable bonds is 18. The van der Waals surface area contributed by atoms with Crippen molar-refractivity contribution in [1.82, 2.24) is 0 Å². The molecule has 0 saturated carbocycles. The number of quaternary nitrogens is 1. The van der Waals surface area contributed by atoms with E-state index in [9.17, 15) is 15.2 Å². The van der Waals surface area contributed by atoms with E-state index < -0.39 is 6.10 Å². The van der Waals surface area contributed by atoms with Gasteiger partial charge < -0.3 is 19.1 Å². The molecule has 0 spiro atoms. The maximum atomic E-state index is 12.2. The molecule has 1 aliphatic rings. The summed E-state index contributed by atoms with van der Waals surface area (Å²) in [5.74, 6) is 0.919. The molecule has 0 aliphatic heterocycles. The standard InChI is InChI=1S/C34H49N2O4/c1-4-5-6-7-8-11-20-39-34(38)17-15-27-14-16-31(24-35)33(23-27)40-26-32(37)25-36(2,3)19-18-28-21-29-12-9-10-13-30(29)22-28/h9-10,12-14,16,23,28,32,37H,4-8,11,15,17-22,25-26H2,1-3H3/q+1/t32-/m1/s1. The minimum atomic E-state index is -0.650. The molecule has 1 atom stereocenters. The van der Waals surface area contributed by atoms with Crippen molar-refractivity contribution in [2.45, 2.75) is 83.7 Å². The Kier molecular flexibility index (Phi) is 13.0. The molecule has 6 heteroatoms. The maximum absolute atomic E-state index is 12.2. The highest BCUT2D eigenvalue weighted by Crippen LogP contribution is 2.29. The third-order valence-electron chi connectivity index (χ3n) is 7.96. The van der Waals surface area contributed by atoms with Crippen molar-refractivity contribution < 1.29 is 23.9 Å². The molecule has 40 heavy (non-hydrogen) atoms. The molecular weight excluding hydrogens is 500 g/mol. The number of esters is 1. The fourth-order valence-electron chi connectivity index (χ4n) is 5.61. The van der Waals surface area contributed by atoms with Gasteiger partial charge in [-0.25, -0.2) is 0 Å². The first kappa shape index (κ1) is 31.6. The van der Waals surface area contributed by atoms with Crippen LogP contribution in [0.15, 0.2) is 42.5 Å². The van der Waals surface area contributed by atoms with Gasteiger partial charge in [-0.05, 0) is 60.4 Å². The summed E-state index contributed by atoms with van der Waals surface area (Å²) in [4.78, 5) is 12.2. The number of likely N-dealkylation sites (N-methyl/N-ethyl adjacent to an activating group) is 1. The van der Waals surface area contributed by atoms with Gasteiger partial charge in [0.25, 0.3) is 0 Å². The molecule has 1 N–H and O–H groups in total. The highest BCUT2D eigenvalue weighted by Gasteiger charge is 2.26. The second kappa shape index (κ2) is 16.4. The number of nitrogens with zero attached hydrogens (tertiary/aromatic N) is 2. The van der Waals surface area contributed by atoms with Gasteiger partial charge in [0, 0.05) is 12.8 Å².